The van der Waals surface area contributed by atoms with Crippen LogP contribution in [0, 0.1) is 6.92 Å². The Morgan fingerprint density at radius 2 is 1.20 bits per heavy atom. The third kappa shape index (κ3) is 2.40. The van der Waals surface area contributed by atoms with E-state index in [0.717, 1.165) is 0 Å². The van der Waals surface area contributed by atoms with Gasteiger partial charge in [0.2, 0.25) is 0 Å². The molecule has 0 amide bonds. The van der Waals surface area contributed by atoms with Gasteiger partial charge >= 0.3 is 0 Å². The van der Waals surface area contributed by atoms with Gasteiger partial charge in [0.25, 0.3) is 0 Å². The van der Waals surface area contributed by atoms with Gasteiger partial charge in [-0.3, -0.25) is 0 Å². The monoisotopic (exact) mass is 276 g/mol. The molecule has 0 aromatic heterocycles. The summed E-state index contributed by atoms with van der Waals surface area (Å²) >= 11 is 0. The van der Waals surface area contributed by atoms with Gasteiger partial charge < -0.3 is 0 Å². The van der Waals surface area contributed by atoms with Crippen LogP contribution in [0.5, 0.6) is 0 Å². The Bertz CT molecular complexity index is 730. The first-order valence-corrected chi connectivity index (χ1v) is 7.35. The zero-order valence-corrected chi connectivity index (χ0v) is 12.7. The lowest BCUT2D eigenvalue weighted by Crippen LogP contribution is -2.02. The summed E-state index contributed by atoms with van der Waals surface area (Å²) < 4.78 is 0. The molecule has 0 heterocycles. The van der Waals surface area contributed by atoms with E-state index in [1.807, 2.05) is 0 Å². The van der Waals surface area contributed by atoms with Gasteiger partial charge in [-0.25, -0.2) is 0 Å². The van der Waals surface area contributed by atoms with Crippen LogP contribution in [0.1, 0.15) is 5.56 Å². The van der Waals surface area contributed by atoms with E-state index in [-0.39, 0.29) is 0 Å². The largest absolute Gasteiger partial charge is 0.104 e. The maximum absolute atomic E-state index is 2.91. The molecule has 0 radical (unpaired) electrons. The molecule has 0 fully saturated rings. The highest BCUT2D eigenvalue weighted by atomic mass is 31.0. The Hall–Kier alpha value is -1.91. The summed E-state index contributed by atoms with van der Waals surface area (Å²) in [6, 6.07) is 25.6. The van der Waals surface area contributed by atoms with Gasteiger partial charge in [-0.1, -0.05) is 72.8 Å². The average molecular weight is 276 g/mol. The molecule has 0 spiro atoms. The van der Waals surface area contributed by atoms with Gasteiger partial charge in [0.1, 0.15) is 0 Å². The van der Waals surface area contributed by atoms with Crippen molar-refractivity contribution < 1.29 is 0 Å². The van der Waals surface area contributed by atoms with E-state index in [9.17, 15) is 0 Å². The van der Waals surface area contributed by atoms with E-state index in [2.05, 4.69) is 89.0 Å². The molecule has 0 aliphatic heterocycles. The van der Waals surface area contributed by atoms with Crippen molar-refractivity contribution in [1.82, 2.24) is 0 Å². The fourth-order valence-electron chi connectivity index (χ4n) is 2.54. The summed E-state index contributed by atoms with van der Waals surface area (Å²) in [4.78, 5) is 0. The van der Waals surface area contributed by atoms with Crippen LogP contribution in [-0.2, 0) is 0 Å². The summed E-state index contributed by atoms with van der Waals surface area (Å²) in [6.07, 6.45) is 0. The molecule has 0 aliphatic carbocycles. The zero-order valence-electron chi connectivity index (χ0n) is 11.5. The third-order valence-corrected chi connectivity index (χ3v) is 4.25. The average Bonchev–Trinajstić information content (AvgIpc) is 2.49. The molecule has 0 nitrogen and oxygen atoms in total. The molecule has 1 heteroatoms. The molecule has 3 aromatic carbocycles. The van der Waals surface area contributed by atoms with Crippen molar-refractivity contribution in [2.75, 3.05) is 0 Å². The first-order valence-electron chi connectivity index (χ1n) is 6.77. The number of aryl methyl sites for hydroxylation is 1. The van der Waals surface area contributed by atoms with Gasteiger partial charge in [0.05, 0.1) is 0 Å². The fourth-order valence-corrected chi connectivity index (χ4v) is 3.06. The van der Waals surface area contributed by atoms with Gasteiger partial charge in [0.15, 0.2) is 0 Å². The highest BCUT2D eigenvalue weighted by molar-refractivity contribution is 7.28. The molecule has 0 bridgehead atoms. The van der Waals surface area contributed by atoms with Crippen LogP contribution in [0.15, 0.2) is 72.8 Å². The van der Waals surface area contributed by atoms with Crippen LogP contribution in [-0.4, -0.2) is 0 Å². The summed E-state index contributed by atoms with van der Waals surface area (Å²) in [5.74, 6) is 0. The predicted molar refractivity (Wildman–Crippen MR) is 91.4 cm³/mol. The normalized spacial score (nSPS) is 10.5. The molecule has 3 aromatic rings. The van der Waals surface area contributed by atoms with Crippen LogP contribution < -0.4 is 5.30 Å². The lowest BCUT2D eigenvalue weighted by molar-refractivity contribution is 1.46. The van der Waals surface area contributed by atoms with Crippen LogP contribution in [0.3, 0.4) is 0 Å². The van der Waals surface area contributed by atoms with Gasteiger partial charge in [0, 0.05) is 0 Å². The van der Waals surface area contributed by atoms with E-state index in [1.165, 1.54) is 33.1 Å². The fraction of sp³-hybridized carbons (Fsp3) is 0.0526. The molecule has 0 saturated heterocycles. The van der Waals surface area contributed by atoms with E-state index in [4.69, 9.17) is 0 Å². The standard InChI is InChI=1S/C19H17P/c1-14-8-5-6-11-16(14)18-13-7-12-17(19(18)20)15-9-3-2-4-10-15/h2-13H,20H2,1H3. The van der Waals surface area contributed by atoms with Crippen LogP contribution in [0.25, 0.3) is 22.3 Å². The number of benzene rings is 3. The maximum atomic E-state index is 2.91. The lowest BCUT2D eigenvalue weighted by Gasteiger charge is -2.13. The molecule has 0 saturated carbocycles. The first-order chi connectivity index (χ1) is 9.77. The van der Waals surface area contributed by atoms with Crippen LogP contribution in [0.4, 0.5) is 0 Å². The highest BCUT2D eigenvalue weighted by Crippen LogP contribution is 2.28. The third-order valence-electron chi connectivity index (χ3n) is 3.63. The summed E-state index contributed by atoms with van der Waals surface area (Å²) in [6.45, 7) is 2.16. The second-order valence-electron chi connectivity index (χ2n) is 4.95. The van der Waals surface area contributed by atoms with Crippen molar-refractivity contribution >= 4 is 14.5 Å². The Balaban J connectivity index is 2.19. The number of rotatable bonds is 2. The van der Waals surface area contributed by atoms with Crippen molar-refractivity contribution in [3.05, 3.63) is 78.4 Å². The van der Waals surface area contributed by atoms with Crippen molar-refractivity contribution in [1.29, 1.82) is 0 Å². The minimum absolute atomic E-state index is 1.26. The van der Waals surface area contributed by atoms with E-state index in [1.54, 1.807) is 0 Å². The number of hydrogen-bond donors (Lipinski definition) is 0. The first kappa shape index (κ1) is 13.1. The minimum Gasteiger partial charge on any atom is -0.104 e. The minimum atomic E-state index is 1.26. The second-order valence-corrected chi connectivity index (χ2v) is 5.53. The summed E-state index contributed by atoms with van der Waals surface area (Å²) in [5.41, 5.74) is 6.43. The van der Waals surface area contributed by atoms with Gasteiger partial charge in [-0.05, 0) is 40.0 Å². The number of hydrogen-bond acceptors (Lipinski definition) is 0. The van der Waals surface area contributed by atoms with Crippen molar-refractivity contribution in [3.63, 3.8) is 0 Å². The molecule has 20 heavy (non-hydrogen) atoms. The Labute approximate surface area is 122 Å². The quantitative estimate of drug-likeness (QED) is 0.588. The predicted octanol–water partition coefficient (Wildman–Crippen LogP) is 4.83. The molecule has 98 valence electrons. The molecule has 3 rings (SSSR count). The summed E-state index contributed by atoms with van der Waals surface area (Å²) in [5, 5.41) is 1.26. The highest BCUT2D eigenvalue weighted by Gasteiger charge is 2.09. The van der Waals surface area contributed by atoms with Crippen LogP contribution in [0.2, 0.25) is 0 Å². The molecule has 1 unspecified atom stereocenters. The summed E-state index contributed by atoms with van der Waals surface area (Å²) in [7, 11) is 2.91. The smallest absolute Gasteiger partial charge is 0.0103 e. The SMILES string of the molecule is Cc1ccccc1-c1cccc(-c2ccccc2)c1P. The molecule has 0 N–H and O–H groups in total. The Morgan fingerprint density at radius 3 is 1.95 bits per heavy atom. The zero-order chi connectivity index (χ0) is 13.9. The molecule has 0 aliphatic rings. The van der Waals surface area contributed by atoms with Crippen LogP contribution >= 0.6 is 9.24 Å². The van der Waals surface area contributed by atoms with Crippen molar-refractivity contribution in [3.8, 4) is 22.3 Å². The van der Waals surface area contributed by atoms with E-state index < -0.39 is 0 Å². The Kier molecular flexibility index (Phi) is 3.67. The second kappa shape index (κ2) is 5.61. The van der Waals surface area contributed by atoms with E-state index in [0.29, 0.717) is 0 Å². The Morgan fingerprint density at radius 1 is 0.600 bits per heavy atom. The van der Waals surface area contributed by atoms with Crippen molar-refractivity contribution in [2.45, 2.75) is 6.92 Å². The topological polar surface area (TPSA) is 0 Å². The molecule has 1 atom stereocenters. The molecular formula is C19H17P. The lowest BCUT2D eigenvalue weighted by atomic mass is 9.96. The van der Waals surface area contributed by atoms with E-state index >= 15 is 0 Å². The maximum Gasteiger partial charge on any atom is -0.0103 e. The van der Waals surface area contributed by atoms with Crippen molar-refractivity contribution in [2.24, 2.45) is 0 Å². The van der Waals surface area contributed by atoms with Gasteiger partial charge in [-0.15, -0.1) is 9.24 Å². The molecular weight excluding hydrogens is 259 g/mol. The van der Waals surface area contributed by atoms with Gasteiger partial charge in [-0.2, -0.15) is 0 Å².